The molecule has 2 N–H and O–H groups in total. The highest BCUT2D eigenvalue weighted by atomic mass is 15.2. The maximum atomic E-state index is 4.75. The Bertz CT molecular complexity index is 528. The molecule has 1 aromatic carbocycles. The van der Waals surface area contributed by atoms with Gasteiger partial charge < -0.3 is 10.6 Å². The van der Waals surface area contributed by atoms with Gasteiger partial charge in [-0.2, -0.15) is 0 Å². The molecule has 0 aromatic heterocycles. The van der Waals surface area contributed by atoms with E-state index in [2.05, 4.69) is 46.7 Å². The molecule has 0 amide bonds. The van der Waals surface area contributed by atoms with E-state index in [0.29, 0.717) is 6.04 Å². The SMILES string of the molecule is CCNC(=NCc1cccc(CN2CCCCCC2)c1)NC1CC1. The summed E-state index contributed by atoms with van der Waals surface area (Å²) in [6.07, 6.45) is 8.04. The highest BCUT2D eigenvalue weighted by molar-refractivity contribution is 5.80. The molecular weight excluding hydrogens is 296 g/mol. The molecule has 132 valence electrons. The summed E-state index contributed by atoms with van der Waals surface area (Å²) in [5.41, 5.74) is 2.72. The molecule has 0 unspecified atom stereocenters. The van der Waals surface area contributed by atoms with E-state index < -0.39 is 0 Å². The van der Waals surface area contributed by atoms with Crippen molar-refractivity contribution in [3.8, 4) is 0 Å². The van der Waals surface area contributed by atoms with Gasteiger partial charge in [-0.05, 0) is 56.8 Å². The van der Waals surface area contributed by atoms with Gasteiger partial charge in [-0.3, -0.25) is 4.90 Å². The third kappa shape index (κ3) is 5.82. The number of aliphatic imine (C=N–C) groups is 1. The molecule has 1 saturated carbocycles. The second-order valence-electron chi connectivity index (χ2n) is 7.12. The monoisotopic (exact) mass is 328 g/mol. The summed E-state index contributed by atoms with van der Waals surface area (Å²) in [6.45, 7) is 7.35. The van der Waals surface area contributed by atoms with Gasteiger partial charge in [-0.15, -0.1) is 0 Å². The van der Waals surface area contributed by atoms with Crippen LogP contribution in [0.5, 0.6) is 0 Å². The van der Waals surface area contributed by atoms with Gasteiger partial charge in [-0.1, -0.05) is 37.1 Å². The van der Waals surface area contributed by atoms with Crippen LogP contribution in [-0.4, -0.2) is 36.5 Å². The van der Waals surface area contributed by atoms with Crippen molar-refractivity contribution < 1.29 is 0 Å². The summed E-state index contributed by atoms with van der Waals surface area (Å²) in [5.74, 6) is 0.956. The van der Waals surface area contributed by atoms with Crippen molar-refractivity contribution in [3.05, 3.63) is 35.4 Å². The van der Waals surface area contributed by atoms with Crippen LogP contribution in [-0.2, 0) is 13.1 Å². The van der Waals surface area contributed by atoms with Crippen LogP contribution < -0.4 is 10.6 Å². The molecule has 0 bridgehead atoms. The van der Waals surface area contributed by atoms with Gasteiger partial charge in [0.25, 0.3) is 0 Å². The molecule has 1 aromatic rings. The highest BCUT2D eigenvalue weighted by Gasteiger charge is 2.22. The quantitative estimate of drug-likeness (QED) is 0.622. The van der Waals surface area contributed by atoms with E-state index in [9.17, 15) is 0 Å². The zero-order valence-corrected chi connectivity index (χ0v) is 15.1. The fourth-order valence-electron chi connectivity index (χ4n) is 3.29. The van der Waals surface area contributed by atoms with Crippen LogP contribution in [0.25, 0.3) is 0 Å². The largest absolute Gasteiger partial charge is 0.357 e. The van der Waals surface area contributed by atoms with Crippen LogP contribution in [0.2, 0.25) is 0 Å². The van der Waals surface area contributed by atoms with Crippen LogP contribution in [0.3, 0.4) is 0 Å². The molecule has 1 heterocycles. The molecule has 24 heavy (non-hydrogen) atoms. The summed E-state index contributed by atoms with van der Waals surface area (Å²) < 4.78 is 0. The normalized spacial score (nSPS) is 19.8. The minimum atomic E-state index is 0.636. The van der Waals surface area contributed by atoms with Gasteiger partial charge in [0.15, 0.2) is 5.96 Å². The number of hydrogen-bond donors (Lipinski definition) is 2. The van der Waals surface area contributed by atoms with Crippen LogP contribution >= 0.6 is 0 Å². The predicted octanol–water partition coefficient (Wildman–Crippen LogP) is 3.28. The first kappa shape index (κ1) is 17.3. The molecule has 4 heteroatoms. The van der Waals surface area contributed by atoms with Gasteiger partial charge in [0.05, 0.1) is 6.54 Å². The van der Waals surface area contributed by atoms with Crippen molar-refractivity contribution in [2.24, 2.45) is 4.99 Å². The fraction of sp³-hybridized carbons (Fsp3) is 0.650. The number of benzene rings is 1. The molecular formula is C20H32N4. The first-order valence-corrected chi connectivity index (χ1v) is 9.68. The third-order valence-corrected chi connectivity index (χ3v) is 4.78. The second-order valence-corrected chi connectivity index (χ2v) is 7.12. The third-order valence-electron chi connectivity index (χ3n) is 4.78. The topological polar surface area (TPSA) is 39.7 Å². The lowest BCUT2D eigenvalue weighted by Crippen LogP contribution is -2.38. The molecule has 1 saturated heterocycles. The van der Waals surface area contributed by atoms with Crippen LogP contribution in [0.1, 0.15) is 56.6 Å². The standard InChI is InChI=1S/C20H32N4/c1-2-21-20(23-19-10-11-19)22-15-17-8-7-9-18(14-17)16-24-12-5-3-4-6-13-24/h7-9,14,19H,2-6,10-13,15-16H2,1H3,(H2,21,22,23). The van der Waals surface area contributed by atoms with E-state index in [1.807, 2.05) is 0 Å². The van der Waals surface area contributed by atoms with E-state index in [0.717, 1.165) is 25.6 Å². The minimum Gasteiger partial charge on any atom is -0.357 e. The molecule has 1 aliphatic heterocycles. The first-order valence-electron chi connectivity index (χ1n) is 9.68. The number of likely N-dealkylation sites (tertiary alicyclic amines) is 1. The average Bonchev–Trinajstić information content (AvgIpc) is 3.41. The molecule has 1 aliphatic carbocycles. The Balaban J connectivity index is 1.57. The van der Waals surface area contributed by atoms with Crippen molar-refractivity contribution in [1.82, 2.24) is 15.5 Å². The molecule has 2 fully saturated rings. The van der Waals surface area contributed by atoms with Crippen LogP contribution in [0, 0.1) is 0 Å². The number of nitrogens with zero attached hydrogens (tertiary/aromatic N) is 2. The number of nitrogens with one attached hydrogen (secondary N) is 2. The van der Waals surface area contributed by atoms with E-state index >= 15 is 0 Å². The Morgan fingerprint density at radius 2 is 1.88 bits per heavy atom. The lowest BCUT2D eigenvalue weighted by Gasteiger charge is -2.20. The molecule has 0 spiro atoms. The lowest BCUT2D eigenvalue weighted by atomic mass is 10.1. The van der Waals surface area contributed by atoms with Crippen molar-refractivity contribution in [1.29, 1.82) is 0 Å². The van der Waals surface area contributed by atoms with E-state index in [-0.39, 0.29) is 0 Å². The summed E-state index contributed by atoms with van der Waals surface area (Å²) in [5, 5.41) is 6.82. The zero-order chi connectivity index (χ0) is 16.6. The number of rotatable bonds is 6. The summed E-state index contributed by atoms with van der Waals surface area (Å²) >= 11 is 0. The van der Waals surface area contributed by atoms with Gasteiger partial charge in [0.1, 0.15) is 0 Å². The predicted molar refractivity (Wildman–Crippen MR) is 101 cm³/mol. The van der Waals surface area contributed by atoms with Crippen molar-refractivity contribution in [2.45, 2.75) is 64.6 Å². The minimum absolute atomic E-state index is 0.636. The van der Waals surface area contributed by atoms with Gasteiger partial charge in [-0.25, -0.2) is 4.99 Å². The van der Waals surface area contributed by atoms with Crippen molar-refractivity contribution >= 4 is 5.96 Å². The molecule has 4 nitrogen and oxygen atoms in total. The number of hydrogen-bond acceptors (Lipinski definition) is 2. The average molecular weight is 329 g/mol. The van der Waals surface area contributed by atoms with Gasteiger partial charge in [0.2, 0.25) is 0 Å². The first-order chi connectivity index (χ1) is 11.8. The van der Waals surface area contributed by atoms with Crippen molar-refractivity contribution in [3.63, 3.8) is 0 Å². The zero-order valence-electron chi connectivity index (χ0n) is 15.1. The van der Waals surface area contributed by atoms with E-state index in [4.69, 9.17) is 4.99 Å². The van der Waals surface area contributed by atoms with Crippen LogP contribution in [0.15, 0.2) is 29.3 Å². The van der Waals surface area contributed by atoms with E-state index in [1.54, 1.807) is 0 Å². The maximum absolute atomic E-state index is 4.75. The fourth-order valence-corrected chi connectivity index (χ4v) is 3.29. The van der Waals surface area contributed by atoms with Gasteiger partial charge in [0, 0.05) is 19.1 Å². The molecule has 3 rings (SSSR count). The summed E-state index contributed by atoms with van der Waals surface area (Å²) in [6, 6.07) is 9.59. The van der Waals surface area contributed by atoms with Gasteiger partial charge >= 0.3 is 0 Å². The Morgan fingerprint density at radius 1 is 1.12 bits per heavy atom. The molecule has 0 radical (unpaired) electrons. The Labute approximate surface area is 146 Å². The smallest absolute Gasteiger partial charge is 0.191 e. The summed E-state index contributed by atoms with van der Waals surface area (Å²) in [7, 11) is 0. The Kier molecular flexibility index (Phi) is 6.53. The number of guanidine groups is 1. The highest BCUT2D eigenvalue weighted by Crippen LogP contribution is 2.18. The summed E-state index contributed by atoms with van der Waals surface area (Å²) in [4.78, 5) is 7.35. The van der Waals surface area contributed by atoms with E-state index in [1.165, 1.54) is 62.7 Å². The van der Waals surface area contributed by atoms with Crippen LogP contribution in [0.4, 0.5) is 0 Å². The molecule has 0 atom stereocenters. The second kappa shape index (κ2) is 9.07. The Hall–Kier alpha value is -1.55. The van der Waals surface area contributed by atoms with Crippen molar-refractivity contribution in [2.75, 3.05) is 19.6 Å². The Morgan fingerprint density at radius 3 is 2.58 bits per heavy atom. The lowest BCUT2D eigenvalue weighted by molar-refractivity contribution is 0.277. The molecule has 2 aliphatic rings. The maximum Gasteiger partial charge on any atom is 0.191 e.